The number of rotatable bonds is 4. The van der Waals surface area contributed by atoms with Crippen LogP contribution in [0.25, 0.3) is 10.9 Å². The number of carbonyl (C=O) groups is 2. The molecular weight excluding hydrogens is 316 g/mol. The van der Waals surface area contributed by atoms with E-state index in [4.69, 9.17) is 10.5 Å². The second kappa shape index (κ2) is 6.43. The number of nitrogens with zero attached hydrogens (tertiary/aromatic N) is 1. The van der Waals surface area contributed by atoms with Gasteiger partial charge in [-0.05, 0) is 50.1 Å². The molecule has 128 valence electrons. The summed E-state index contributed by atoms with van der Waals surface area (Å²) in [4.78, 5) is 24.5. The molecule has 0 fully saturated rings. The van der Waals surface area contributed by atoms with E-state index in [9.17, 15) is 9.59 Å². The van der Waals surface area contributed by atoms with E-state index in [-0.39, 0.29) is 12.5 Å². The van der Waals surface area contributed by atoms with Crippen molar-refractivity contribution in [2.24, 2.45) is 5.73 Å². The fraction of sp³-hybridized carbons (Fsp3) is 0.200. The predicted molar refractivity (Wildman–Crippen MR) is 97.2 cm³/mol. The first kappa shape index (κ1) is 16.8. The number of amides is 1. The van der Waals surface area contributed by atoms with E-state index in [2.05, 4.69) is 0 Å². The Kier molecular flexibility index (Phi) is 4.31. The minimum Gasteiger partial charge on any atom is -0.484 e. The maximum Gasteiger partial charge on any atom is 0.269 e. The SMILES string of the molecule is Cc1ccc(OCC(=O)n2c(C)c(C(N)=O)c3ccccc32)cc1C. The highest BCUT2D eigenvalue weighted by atomic mass is 16.5. The van der Waals surface area contributed by atoms with E-state index in [1.54, 1.807) is 19.1 Å². The van der Waals surface area contributed by atoms with Crippen LogP contribution in [0.3, 0.4) is 0 Å². The van der Waals surface area contributed by atoms with Gasteiger partial charge in [-0.3, -0.25) is 14.2 Å². The van der Waals surface area contributed by atoms with Gasteiger partial charge in [0.05, 0.1) is 11.1 Å². The number of benzene rings is 2. The number of aromatic nitrogens is 1. The van der Waals surface area contributed by atoms with Crippen molar-refractivity contribution in [1.82, 2.24) is 4.57 Å². The number of carbonyl (C=O) groups excluding carboxylic acids is 2. The Morgan fingerprint density at radius 3 is 2.44 bits per heavy atom. The third-order valence-corrected chi connectivity index (χ3v) is 4.45. The van der Waals surface area contributed by atoms with Crippen molar-refractivity contribution in [2.75, 3.05) is 6.61 Å². The van der Waals surface area contributed by atoms with Gasteiger partial charge in [0.2, 0.25) is 0 Å². The molecule has 0 atom stereocenters. The minimum atomic E-state index is -0.546. The van der Waals surface area contributed by atoms with E-state index in [1.807, 2.05) is 44.2 Å². The Morgan fingerprint density at radius 2 is 1.76 bits per heavy atom. The molecule has 0 saturated heterocycles. The van der Waals surface area contributed by atoms with Crippen LogP contribution in [0.4, 0.5) is 0 Å². The smallest absolute Gasteiger partial charge is 0.269 e. The van der Waals surface area contributed by atoms with Crippen molar-refractivity contribution >= 4 is 22.7 Å². The first-order chi connectivity index (χ1) is 11.9. The van der Waals surface area contributed by atoms with Crippen LogP contribution in [-0.2, 0) is 0 Å². The number of aryl methyl sites for hydroxylation is 2. The zero-order valence-electron chi connectivity index (χ0n) is 14.5. The lowest BCUT2D eigenvalue weighted by molar-refractivity contribution is 0.0841. The molecule has 0 aliphatic rings. The van der Waals surface area contributed by atoms with Crippen molar-refractivity contribution in [3.05, 3.63) is 64.8 Å². The normalized spacial score (nSPS) is 10.8. The van der Waals surface area contributed by atoms with Crippen LogP contribution in [0.5, 0.6) is 5.75 Å². The van der Waals surface area contributed by atoms with Crippen LogP contribution in [0.15, 0.2) is 42.5 Å². The summed E-state index contributed by atoms with van der Waals surface area (Å²) in [5.41, 5.74) is 9.32. The minimum absolute atomic E-state index is 0.125. The van der Waals surface area contributed by atoms with Gasteiger partial charge in [0.25, 0.3) is 11.8 Å². The van der Waals surface area contributed by atoms with Crippen LogP contribution in [0, 0.1) is 20.8 Å². The molecule has 25 heavy (non-hydrogen) atoms. The highest BCUT2D eigenvalue weighted by molar-refractivity contribution is 6.10. The van der Waals surface area contributed by atoms with Crippen molar-refractivity contribution in [3.8, 4) is 5.75 Å². The molecule has 2 aromatic carbocycles. The van der Waals surface area contributed by atoms with Gasteiger partial charge in [0, 0.05) is 11.1 Å². The maximum atomic E-state index is 12.7. The third kappa shape index (κ3) is 3.01. The van der Waals surface area contributed by atoms with Crippen LogP contribution < -0.4 is 10.5 Å². The molecule has 5 nitrogen and oxygen atoms in total. The highest BCUT2D eigenvalue weighted by Crippen LogP contribution is 2.25. The summed E-state index contributed by atoms with van der Waals surface area (Å²) in [5.74, 6) is -0.157. The van der Waals surface area contributed by atoms with Crippen LogP contribution in [0.1, 0.15) is 32.0 Å². The van der Waals surface area contributed by atoms with E-state index in [0.29, 0.717) is 27.9 Å². The molecule has 1 aromatic heterocycles. The Hall–Kier alpha value is -3.08. The molecule has 0 saturated carbocycles. The molecule has 0 aliphatic heterocycles. The van der Waals surface area contributed by atoms with Gasteiger partial charge >= 0.3 is 0 Å². The molecule has 3 rings (SSSR count). The lowest BCUT2D eigenvalue weighted by Crippen LogP contribution is -2.21. The second-order valence-electron chi connectivity index (χ2n) is 6.11. The summed E-state index contributed by atoms with van der Waals surface area (Å²) in [6, 6.07) is 12.9. The molecule has 0 spiro atoms. The Morgan fingerprint density at radius 1 is 1.04 bits per heavy atom. The zero-order valence-corrected chi connectivity index (χ0v) is 14.5. The number of fused-ring (bicyclic) bond motifs is 1. The fourth-order valence-electron chi connectivity index (χ4n) is 3.01. The summed E-state index contributed by atoms with van der Waals surface area (Å²) in [5, 5.41) is 0.673. The van der Waals surface area contributed by atoms with Gasteiger partial charge in [-0.1, -0.05) is 24.3 Å². The van der Waals surface area contributed by atoms with Gasteiger partial charge in [0.15, 0.2) is 6.61 Å². The number of para-hydroxylation sites is 1. The van der Waals surface area contributed by atoms with Crippen molar-refractivity contribution in [2.45, 2.75) is 20.8 Å². The van der Waals surface area contributed by atoms with Crippen LogP contribution in [-0.4, -0.2) is 23.0 Å². The predicted octanol–water partition coefficient (Wildman–Crippen LogP) is 3.38. The molecule has 0 aliphatic carbocycles. The average molecular weight is 336 g/mol. The molecule has 0 bridgehead atoms. The van der Waals surface area contributed by atoms with Crippen LogP contribution in [0.2, 0.25) is 0 Å². The summed E-state index contributed by atoms with van der Waals surface area (Å²) in [6.07, 6.45) is 0. The molecular formula is C20H20N2O3. The quantitative estimate of drug-likeness (QED) is 0.793. The second-order valence-corrected chi connectivity index (χ2v) is 6.11. The maximum absolute atomic E-state index is 12.7. The number of hydrogen-bond donors (Lipinski definition) is 1. The van der Waals surface area contributed by atoms with E-state index >= 15 is 0 Å². The standard InChI is InChI=1S/C20H20N2O3/c1-12-8-9-15(10-13(12)2)25-11-18(23)22-14(3)19(20(21)24)16-6-4-5-7-17(16)22/h4-10H,11H2,1-3H3,(H2,21,24). The van der Waals surface area contributed by atoms with E-state index < -0.39 is 5.91 Å². The Balaban J connectivity index is 1.93. The first-order valence-electron chi connectivity index (χ1n) is 8.03. The summed E-state index contributed by atoms with van der Waals surface area (Å²) in [7, 11) is 0. The monoisotopic (exact) mass is 336 g/mol. The lowest BCUT2D eigenvalue weighted by Gasteiger charge is -2.10. The highest BCUT2D eigenvalue weighted by Gasteiger charge is 2.21. The van der Waals surface area contributed by atoms with Gasteiger partial charge in [-0.25, -0.2) is 0 Å². The van der Waals surface area contributed by atoms with E-state index in [0.717, 1.165) is 11.1 Å². The zero-order chi connectivity index (χ0) is 18.1. The van der Waals surface area contributed by atoms with Gasteiger partial charge in [0.1, 0.15) is 5.75 Å². The van der Waals surface area contributed by atoms with Gasteiger partial charge in [-0.15, -0.1) is 0 Å². The first-order valence-corrected chi connectivity index (χ1v) is 8.03. The van der Waals surface area contributed by atoms with Crippen molar-refractivity contribution in [1.29, 1.82) is 0 Å². The molecule has 0 unspecified atom stereocenters. The topological polar surface area (TPSA) is 74.3 Å². The molecule has 2 N–H and O–H groups in total. The molecule has 3 aromatic rings. The fourth-order valence-corrected chi connectivity index (χ4v) is 3.01. The van der Waals surface area contributed by atoms with E-state index in [1.165, 1.54) is 4.57 Å². The molecule has 0 radical (unpaired) electrons. The summed E-state index contributed by atoms with van der Waals surface area (Å²) < 4.78 is 7.14. The average Bonchev–Trinajstić information content (AvgIpc) is 2.87. The number of hydrogen-bond acceptors (Lipinski definition) is 3. The number of nitrogens with two attached hydrogens (primary N) is 1. The largest absolute Gasteiger partial charge is 0.484 e. The van der Waals surface area contributed by atoms with Crippen molar-refractivity contribution < 1.29 is 14.3 Å². The Bertz CT molecular complexity index is 986. The van der Waals surface area contributed by atoms with Crippen LogP contribution >= 0.6 is 0 Å². The third-order valence-electron chi connectivity index (χ3n) is 4.45. The Labute approximate surface area is 146 Å². The molecule has 5 heteroatoms. The number of ether oxygens (including phenoxy) is 1. The molecule has 1 heterocycles. The summed E-state index contributed by atoms with van der Waals surface area (Å²) >= 11 is 0. The summed E-state index contributed by atoms with van der Waals surface area (Å²) in [6.45, 7) is 5.60. The molecule has 1 amide bonds. The number of primary amides is 1. The van der Waals surface area contributed by atoms with Crippen molar-refractivity contribution in [3.63, 3.8) is 0 Å². The van der Waals surface area contributed by atoms with Gasteiger partial charge < -0.3 is 10.5 Å². The van der Waals surface area contributed by atoms with Gasteiger partial charge in [-0.2, -0.15) is 0 Å². The lowest BCUT2D eigenvalue weighted by atomic mass is 10.1.